The molecule has 0 spiro atoms. The zero-order valence-electron chi connectivity index (χ0n) is 13.8. The lowest BCUT2D eigenvalue weighted by molar-refractivity contribution is -0.144. The monoisotopic (exact) mass is 317 g/mol. The number of carboxylic acids is 1. The van der Waals surface area contributed by atoms with Crippen LogP contribution in [0.3, 0.4) is 0 Å². The molecule has 0 saturated carbocycles. The van der Waals surface area contributed by atoms with Gasteiger partial charge in [-0.15, -0.1) is 0 Å². The van der Waals surface area contributed by atoms with E-state index in [9.17, 15) is 14.7 Å². The Balaban J connectivity index is 4.18. The van der Waals surface area contributed by atoms with Crippen molar-refractivity contribution < 1.29 is 24.9 Å². The Kier molecular flexibility index (Phi) is 10.8. The lowest BCUT2D eigenvalue weighted by atomic mass is 9.96. The summed E-state index contributed by atoms with van der Waals surface area (Å²) in [5, 5.41) is 30.0. The van der Waals surface area contributed by atoms with Crippen molar-refractivity contribution in [1.29, 1.82) is 0 Å². The van der Waals surface area contributed by atoms with Crippen LogP contribution in [0.2, 0.25) is 0 Å². The molecule has 0 saturated heterocycles. The van der Waals surface area contributed by atoms with Crippen molar-refractivity contribution >= 4 is 11.9 Å². The van der Waals surface area contributed by atoms with Crippen molar-refractivity contribution in [2.45, 2.75) is 70.8 Å². The number of nitrogens with one attached hydrogen (secondary N) is 1. The highest BCUT2D eigenvalue weighted by atomic mass is 16.4. The van der Waals surface area contributed by atoms with Gasteiger partial charge < -0.3 is 20.6 Å². The number of rotatable bonds is 13. The minimum absolute atomic E-state index is 0.125. The van der Waals surface area contributed by atoms with Crippen LogP contribution < -0.4 is 5.32 Å². The SMILES string of the molecule is CCCCCCCCC(CC(=O)NC(C)(CO)CO)C(=O)O. The van der Waals surface area contributed by atoms with E-state index in [1.807, 2.05) is 0 Å². The van der Waals surface area contributed by atoms with Crippen LogP contribution in [0.5, 0.6) is 0 Å². The molecule has 130 valence electrons. The number of amides is 1. The first kappa shape index (κ1) is 20.9. The van der Waals surface area contributed by atoms with E-state index in [0.717, 1.165) is 19.3 Å². The molecule has 0 aromatic heterocycles. The van der Waals surface area contributed by atoms with Crippen molar-refractivity contribution in [3.05, 3.63) is 0 Å². The number of hydrogen-bond acceptors (Lipinski definition) is 4. The summed E-state index contributed by atoms with van der Waals surface area (Å²) in [6, 6.07) is 0. The molecule has 0 radical (unpaired) electrons. The predicted molar refractivity (Wildman–Crippen MR) is 84.5 cm³/mol. The van der Waals surface area contributed by atoms with E-state index in [4.69, 9.17) is 10.2 Å². The van der Waals surface area contributed by atoms with Crippen molar-refractivity contribution in [3.63, 3.8) is 0 Å². The summed E-state index contributed by atoms with van der Waals surface area (Å²) < 4.78 is 0. The third-order valence-corrected chi connectivity index (χ3v) is 3.83. The number of carbonyl (C=O) groups is 2. The van der Waals surface area contributed by atoms with Gasteiger partial charge in [-0.1, -0.05) is 45.4 Å². The molecule has 0 aromatic rings. The smallest absolute Gasteiger partial charge is 0.307 e. The molecule has 4 N–H and O–H groups in total. The van der Waals surface area contributed by atoms with Crippen LogP contribution in [0.25, 0.3) is 0 Å². The molecule has 1 unspecified atom stereocenters. The molecule has 0 aliphatic rings. The molecule has 6 nitrogen and oxygen atoms in total. The van der Waals surface area contributed by atoms with Gasteiger partial charge in [0.1, 0.15) is 0 Å². The Bertz CT molecular complexity index is 328. The van der Waals surface area contributed by atoms with Gasteiger partial charge in [0.05, 0.1) is 24.7 Å². The molecule has 22 heavy (non-hydrogen) atoms. The van der Waals surface area contributed by atoms with Gasteiger partial charge in [0.25, 0.3) is 0 Å². The summed E-state index contributed by atoms with van der Waals surface area (Å²) in [5.41, 5.74) is -1.11. The zero-order chi connectivity index (χ0) is 17.0. The van der Waals surface area contributed by atoms with Crippen molar-refractivity contribution in [2.24, 2.45) is 5.92 Å². The maximum Gasteiger partial charge on any atom is 0.307 e. The van der Waals surface area contributed by atoms with E-state index >= 15 is 0 Å². The second kappa shape index (κ2) is 11.4. The first-order chi connectivity index (χ1) is 10.4. The van der Waals surface area contributed by atoms with E-state index in [1.165, 1.54) is 26.2 Å². The van der Waals surface area contributed by atoms with Crippen molar-refractivity contribution in [1.82, 2.24) is 5.32 Å². The molecule has 0 rings (SSSR count). The molecular weight excluding hydrogens is 286 g/mol. The number of aliphatic hydroxyl groups excluding tert-OH is 2. The normalized spacial score (nSPS) is 12.9. The standard InChI is InChI=1S/C16H31NO5/c1-3-4-5-6-7-8-9-13(15(21)22)10-14(20)17-16(2,11-18)12-19/h13,18-19H,3-12H2,1-2H3,(H,17,20)(H,21,22). The van der Waals surface area contributed by atoms with E-state index in [0.29, 0.717) is 6.42 Å². The van der Waals surface area contributed by atoms with Crippen LogP contribution in [0, 0.1) is 5.92 Å². The summed E-state index contributed by atoms with van der Waals surface area (Å²) in [6.07, 6.45) is 6.77. The number of aliphatic carboxylic acids is 1. The maximum atomic E-state index is 11.9. The molecular formula is C16H31NO5. The van der Waals surface area contributed by atoms with Gasteiger partial charge in [0.15, 0.2) is 0 Å². The summed E-state index contributed by atoms with van der Waals surface area (Å²) in [5.74, 6) is -2.14. The van der Waals surface area contributed by atoms with Crippen molar-refractivity contribution in [2.75, 3.05) is 13.2 Å². The predicted octanol–water partition coefficient (Wildman–Crippen LogP) is 1.69. The third kappa shape index (κ3) is 9.00. The lowest BCUT2D eigenvalue weighted by Crippen LogP contribution is -2.52. The minimum atomic E-state index is -1.11. The highest BCUT2D eigenvalue weighted by Gasteiger charge is 2.27. The number of carbonyl (C=O) groups excluding carboxylic acids is 1. The van der Waals surface area contributed by atoms with Gasteiger partial charge in [0.2, 0.25) is 5.91 Å². The molecule has 0 heterocycles. The second-order valence-electron chi connectivity index (χ2n) is 6.22. The second-order valence-corrected chi connectivity index (χ2v) is 6.22. The fourth-order valence-electron chi connectivity index (χ4n) is 2.22. The van der Waals surface area contributed by atoms with E-state index < -0.39 is 36.5 Å². The number of carboxylic acid groups (broad SMARTS) is 1. The fourth-order valence-corrected chi connectivity index (χ4v) is 2.22. The Morgan fingerprint density at radius 3 is 2.09 bits per heavy atom. The fraction of sp³-hybridized carbons (Fsp3) is 0.875. The van der Waals surface area contributed by atoms with Crippen LogP contribution in [0.1, 0.15) is 65.2 Å². The summed E-state index contributed by atoms with van der Waals surface area (Å²) >= 11 is 0. The van der Waals surface area contributed by atoms with Gasteiger partial charge in [-0.2, -0.15) is 0 Å². The quantitative estimate of drug-likeness (QED) is 0.387. The van der Waals surface area contributed by atoms with Crippen LogP contribution in [0.15, 0.2) is 0 Å². The molecule has 1 amide bonds. The highest BCUT2D eigenvalue weighted by molar-refractivity contribution is 5.82. The third-order valence-electron chi connectivity index (χ3n) is 3.83. The first-order valence-electron chi connectivity index (χ1n) is 8.14. The topological polar surface area (TPSA) is 107 Å². The molecule has 1 atom stereocenters. The largest absolute Gasteiger partial charge is 0.481 e. The molecule has 0 aliphatic heterocycles. The summed E-state index contributed by atoms with van der Waals surface area (Å²) in [7, 11) is 0. The van der Waals surface area contributed by atoms with Crippen LogP contribution in [-0.2, 0) is 9.59 Å². The van der Waals surface area contributed by atoms with E-state index in [-0.39, 0.29) is 6.42 Å². The molecule has 0 aromatic carbocycles. The molecule has 0 aliphatic carbocycles. The molecule has 0 bridgehead atoms. The van der Waals surface area contributed by atoms with Crippen molar-refractivity contribution in [3.8, 4) is 0 Å². The van der Waals surface area contributed by atoms with Crippen LogP contribution in [0.4, 0.5) is 0 Å². The van der Waals surface area contributed by atoms with Gasteiger partial charge in [-0.25, -0.2) is 0 Å². The van der Waals surface area contributed by atoms with Gasteiger partial charge >= 0.3 is 5.97 Å². The van der Waals surface area contributed by atoms with Crippen LogP contribution in [-0.4, -0.2) is 45.9 Å². The Labute approximate surface area is 132 Å². The summed E-state index contributed by atoms with van der Waals surface area (Å²) in [6.45, 7) is 2.86. The molecule has 0 fully saturated rings. The van der Waals surface area contributed by atoms with Crippen LogP contribution >= 0.6 is 0 Å². The lowest BCUT2D eigenvalue weighted by Gasteiger charge is -2.26. The van der Waals surface area contributed by atoms with Gasteiger partial charge in [-0.05, 0) is 13.3 Å². The average molecular weight is 317 g/mol. The molecule has 6 heteroatoms. The Morgan fingerprint density at radius 2 is 1.59 bits per heavy atom. The van der Waals surface area contributed by atoms with E-state index in [1.54, 1.807) is 0 Å². The first-order valence-corrected chi connectivity index (χ1v) is 8.14. The number of aliphatic hydroxyl groups is 2. The Morgan fingerprint density at radius 1 is 1.05 bits per heavy atom. The average Bonchev–Trinajstić information content (AvgIpc) is 2.49. The summed E-state index contributed by atoms with van der Waals surface area (Å²) in [4.78, 5) is 23.1. The van der Waals surface area contributed by atoms with Gasteiger partial charge in [-0.3, -0.25) is 9.59 Å². The Hall–Kier alpha value is -1.14. The number of hydrogen-bond donors (Lipinski definition) is 4. The minimum Gasteiger partial charge on any atom is -0.481 e. The zero-order valence-corrected chi connectivity index (χ0v) is 13.8. The van der Waals surface area contributed by atoms with E-state index in [2.05, 4.69) is 12.2 Å². The highest BCUT2D eigenvalue weighted by Crippen LogP contribution is 2.16. The van der Waals surface area contributed by atoms with Gasteiger partial charge in [0, 0.05) is 6.42 Å². The maximum absolute atomic E-state index is 11.9. The number of unbranched alkanes of at least 4 members (excludes halogenated alkanes) is 5.